The minimum atomic E-state index is -1.32. The van der Waals surface area contributed by atoms with E-state index in [2.05, 4.69) is 5.43 Å². The van der Waals surface area contributed by atoms with Crippen LogP contribution in [0.1, 0.15) is 5.56 Å². The lowest BCUT2D eigenvalue weighted by Crippen LogP contribution is -2.31. The Kier molecular flexibility index (Phi) is 4.65. The zero-order valence-corrected chi connectivity index (χ0v) is 12.0. The first-order valence-electron chi connectivity index (χ1n) is 6.56. The average molecular weight is 299 g/mol. The number of carboxylic acid groups (broad SMARTS) is 1. The normalized spacial score (nSPS) is 11.5. The second-order valence-electron chi connectivity index (χ2n) is 4.69. The molecule has 0 aliphatic rings. The highest BCUT2D eigenvalue weighted by Crippen LogP contribution is 2.25. The minimum absolute atomic E-state index is 0.214. The largest absolute Gasteiger partial charge is 0.476 e. The Hall–Kier alpha value is -2.99. The van der Waals surface area contributed by atoms with Gasteiger partial charge in [-0.15, -0.1) is 0 Å². The van der Waals surface area contributed by atoms with Gasteiger partial charge < -0.3 is 15.6 Å². The molecule has 0 aliphatic carbocycles. The zero-order valence-electron chi connectivity index (χ0n) is 12.0. The summed E-state index contributed by atoms with van der Waals surface area (Å²) in [6, 6.07) is 15.2. The fourth-order valence-electron chi connectivity index (χ4n) is 1.86. The molecule has 2 aromatic rings. The van der Waals surface area contributed by atoms with Crippen molar-refractivity contribution in [3.63, 3.8) is 0 Å². The number of carbonyl (C=O) groups is 1. The lowest BCUT2D eigenvalue weighted by Gasteiger charge is -2.12. The van der Waals surface area contributed by atoms with E-state index in [1.165, 1.54) is 5.56 Å². The predicted octanol–water partition coefficient (Wildman–Crippen LogP) is 1.72. The summed E-state index contributed by atoms with van der Waals surface area (Å²) < 4.78 is 5.41. The van der Waals surface area contributed by atoms with Crippen LogP contribution in [-0.2, 0) is 4.79 Å². The molecule has 6 N–H and O–H groups in total. The van der Waals surface area contributed by atoms with Gasteiger partial charge in [0.1, 0.15) is 5.75 Å². The topological polar surface area (TPSA) is 111 Å². The molecule has 0 amide bonds. The predicted molar refractivity (Wildman–Crippen MR) is 83.4 cm³/mol. The van der Waals surface area contributed by atoms with Crippen LogP contribution in [0, 0.1) is 6.92 Å². The Balaban J connectivity index is 2.30. The van der Waals surface area contributed by atoms with E-state index < -0.39 is 11.7 Å². The number of aliphatic carboxylic acids is 1. The Morgan fingerprint density at radius 3 is 2.41 bits per heavy atom. The van der Waals surface area contributed by atoms with Gasteiger partial charge in [0.05, 0.1) is 0 Å². The number of nitrogens with two attached hydrogens (primary N) is 2. The van der Waals surface area contributed by atoms with Crippen LogP contribution < -0.4 is 21.7 Å². The van der Waals surface area contributed by atoms with E-state index >= 15 is 0 Å². The number of hydrazine groups is 1. The summed E-state index contributed by atoms with van der Waals surface area (Å²) in [4.78, 5) is 10.9. The van der Waals surface area contributed by atoms with Crippen molar-refractivity contribution in [3.05, 3.63) is 65.7 Å². The van der Waals surface area contributed by atoms with Crippen LogP contribution in [0.25, 0.3) is 11.1 Å². The first-order valence-corrected chi connectivity index (χ1v) is 6.56. The highest BCUT2D eigenvalue weighted by atomic mass is 16.5. The van der Waals surface area contributed by atoms with Crippen molar-refractivity contribution < 1.29 is 14.6 Å². The smallest absolute Gasteiger partial charge is 0.357 e. The molecular formula is C16H17N3O3. The quantitative estimate of drug-likeness (QED) is 0.289. The number of hydrogen-bond acceptors (Lipinski definition) is 5. The summed E-state index contributed by atoms with van der Waals surface area (Å²) in [6.07, 6.45) is 0. The lowest BCUT2D eigenvalue weighted by molar-refractivity contribution is -0.132. The molecule has 0 spiro atoms. The maximum Gasteiger partial charge on any atom is 0.357 e. The fraction of sp³-hybridized carbons (Fsp3) is 0.0625. The molecule has 2 rings (SSSR count). The molecule has 0 atom stereocenters. The molecule has 0 aliphatic heterocycles. The van der Waals surface area contributed by atoms with Gasteiger partial charge in [-0.1, -0.05) is 42.0 Å². The third-order valence-electron chi connectivity index (χ3n) is 3.04. The van der Waals surface area contributed by atoms with Crippen molar-refractivity contribution in [2.75, 3.05) is 0 Å². The average Bonchev–Trinajstić information content (AvgIpc) is 2.53. The van der Waals surface area contributed by atoms with E-state index in [0.717, 1.165) is 11.1 Å². The van der Waals surface area contributed by atoms with Crippen molar-refractivity contribution in [1.82, 2.24) is 5.43 Å². The van der Waals surface area contributed by atoms with Gasteiger partial charge in [-0.3, -0.25) is 5.43 Å². The van der Waals surface area contributed by atoms with Crippen LogP contribution in [0.15, 0.2) is 60.1 Å². The zero-order chi connectivity index (χ0) is 16.1. The summed E-state index contributed by atoms with van der Waals surface area (Å²) in [6.45, 7) is 2.02. The van der Waals surface area contributed by atoms with E-state index in [4.69, 9.17) is 21.4 Å². The molecule has 6 heteroatoms. The molecule has 0 radical (unpaired) electrons. The number of carboxylic acids is 1. The molecule has 0 saturated heterocycles. The third-order valence-corrected chi connectivity index (χ3v) is 3.04. The SMILES string of the molecule is Cc1ccc(-c2cccc(O/C(NN)=C(/N)C(=O)O)c2)cc1. The van der Waals surface area contributed by atoms with E-state index in [9.17, 15) is 4.79 Å². The number of rotatable bonds is 5. The van der Waals surface area contributed by atoms with Gasteiger partial charge in [0, 0.05) is 0 Å². The maximum absolute atomic E-state index is 10.9. The Bertz CT molecular complexity index is 709. The van der Waals surface area contributed by atoms with Gasteiger partial charge in [0.25, 0.3) is 0 Å². The molecule has 22 heavy (non-hydrogen) atoms. The maximum atomic E-state index is 10.9. The van der Waals surface area contributed by atoms with Crippen LogP contribution in [0.4, 0.5) is 0 Å². The van der Waals surface area contributed by atoms with Crippen LogP contribution in [0.3, 0.4) is 0 Å². The highest BCUT2D eigenvalue weighted by Gasteiger charge is 2.12. The number of benzene rings is 2. The molecule has 0 unspecified atom stereocenters. The second-order valence-corrected chi connectivity index (χ2v) is 4.69. The van der Waals surface area contributed by atoms with E-state index in [1.54, 1.807) is 18.2 Å². The van der Waals surface area contributed by atoms with Crippen molar-refractivity contribution in [2.24, 2.45) is 11.6 Å². The molecule has 0 fully saturated rings. The minimum Gasteiger partial charge on any atom is -0.476 e. The van der Waals surface area contributed by atoms with Gasteiger partial charge in [-0.25, -0.2) is 10.6 Å². The molecular weight excluding hydrogens is 282 g/mol. The Morgan fingerprint density at radius 1 is 1.14 bits per heavy atom. The van der Waals surface area contributed by atoms with Crippen molar-refractivity contribution >= 4 is 5.97 Å². The van der Waals surface area contributed by atoms with Gasteiger partial charge in [-0.2, -0.15) is 0 Å². The van der Waals surface area contributed by atoms with Crippen LogP contribution >= 0.6 is 0 Å². The molecule has 6 nitrogen and oxygen atoms in total. The summed E-state index contributed by atoms with van der Waals surface area (Å²) in [5.41, 5.74) is 10.2. The van der Waals surface area contributed by atoms with Crippen LogP contribution in [0.2, 0.25) is 0 Å². The molecule has 0 saturated carbocycles. The molecule has 0 aromatic heterocycles. The standard InChI is InChI=1S/C16H17N3O3/c1-10-5-7-11(8-6-10)12-3-2-4-13(9-12)22-15(19-18)14(17)16(20)21/h2-9,19H,17-18H2,1H3,(H,20,21)/b15-14+. The van der Waals surface area contributed by atoms with Crippen molar-refractivity contribution in [3.8, 4) is 16.9 Å². The summed E-state index contributed by atoms with van der Waals surface area (Å²) in [7, 11) is 0. The van der Waals surface area contributed by atoms with Crippen LogP contribution in [0.5, 0.6) is 5.75 Å². The number of aryl methyl sites for hydroxylation is 1. The Labute approximate surface area is 128 Å². The fourth-order valence-corrected chi connectivity index (χ4v) is 1.86. The summed E-state index contributed by atoms with van der Waals surface area (Å²) >= 11 is 0. The summed E-state index contributed by atoms with van der Waals surface area (Å²) in [5.74, 6) is 4.14. The third kappa shape index (κ3) is 3.56. The lowest BCUT2D eigenvalue weighted by atomic mass is 10.0. The first-order chi connectivity index (χ1) is 10.5. The second kappa shape index (κ2) is 6.64. The number of nitrogens with one attached hydrogen (secondary N) is 1. The monoisotopic (exact) mass is 299 g/mol. The van der Waals surface area contributed by atoms with E-state index in [1.807, 2.05) is 37.3 Å². The summed E-state index contributed by atoms with van der Waals surface area (Å²) in [5, 5.41) is 8.86. The molecule has 2 aromatic carbocycles. The molecule has 114 valence electrons. The van der Waals surface area contributed by atoms with Gasteiger partial charge in [0.2, 0.25) is 5.88 Å². The van der Waals surface area contributed by atoms with E-state index in [-0.39, 0.29) is 5.88 Å². The number of hydrogen-bond donors (Lipinski definition) is 4. The van der Waals surface area contributed by atoms with Crippen LogP contribution in [-0.4, -0.2) is 11.1 Å². The number of ether oxygens (including phenoxy) is 1. The van der Waals surface area contributed by atoms with Gasteiger partial charge in [-0.05, 0) is 30.2 Å². The van der Waals surface area contributed by atoms with Crippen molar-refractivity contribution in [2.45, 2.75) is 6.92 Å². The van der Waals surface area contributed by atoms with Crippen molar-refractivity contribution in [1.29, 1.82) is 0 Å². The highest BCUT2D eigenvalue weighted by molar-refractivity contribution is 5.85. The molecule has 0 heterocycles. The van der Waals surface area contributed by atoms with E-state index in [0.29, 0.717) is 5.75 Å². The molecule has 0 bridgehead atoms. The van der Waals surface area contributed by atoms with Gasteiger partial charge >= 0.3 is 5.97 Å². The van der Waals surface area contributed by atoms with Gasteiger partial charge in [0.15, 0.2) is 5.70 Å². The first kappa shape index (κ1) is 15.4. The Morgan fingerprint density at radius 2 is 1.82 bits per heavy atom.